The smallest absolute Gasteiger partial charge is 0.351 e. The zero-order valence-electron chi connectivity index (χ0n) is 13.4. The van der Waals surface area contributed by atoms with E-state index in [1.165, 1.54) is 6.20 Å². The largest absolute Gasteiger partial charge is 0.396 e. The molecule has 2 rings (SSSR count). The van der Waals surface area contributed by atoms with E-state index in [0.717, 1.165) is 30.3 Å². The van der Waals surface area contributed by atoms with Crippen molar-refractivity contribution in [2.75, 3.05) is 25.1 Å². The molecule has 0 radical (unpaired) electrons. The van der Waals surface area contributed by atoms with Crippen molar-refractivity contribution >= 4 is 5.82 Å². The summed E-state index contributed by atoms with van der Waals surface area (Å²) in [5, 5.41) is 40.5. The Hall–Kier alpha value is -1.52. The van der Waals surface area contributed by atoms with Gasteiger partial charge >= 0.3 is 5.69 Å². The number of rotatable bonds is 9. The highest BCUT2D eigenvalue weighted by Gasteiger charge is 2.43. The van der Waals surface area contributed by atoms with Gasteiger partial charge in [0.25, 0.3) is 0 Å². The Bertz CT molecular complexity index is 566. The van der Waals surface area contributed by atoms with Crippen molar-refractivity contribution in [1.82, 2.24) is 9.55 Å². The zero-order valence-corrected chi connectivity index (χ0v) is 13.4. The number of nitrogens with one attached hydrogen (secondary N) is 1. The third kappa shape index (κ3) is 4.52. The van der Waals surface area contributed by atoms with Crippen molar-refractivity contribution in [2.45, 2.75) is 50.2 Å². The van der Waals surface area contributed by atoms with E-state index in [9.17, 15) is 15.0 Å². The minimum absolute atomic E-state index is 0.203. The average molecular weight is 343 g/mol. The number of aliphatic hydroxyl groups is 4. The number of hydrogen-bond donors (Lipinski definition) is 5. The summed E-state index contributed by atoms with van der Waals surface area (Å²) in [6, 6.07) is 1.59. The van der Waals surface area contributed by atoms with Gasteiger partial charge in [-0.25, -0.2) is 4.79 Å². The van der Waals surface area contributed by atoms with E-state index in [2.05, 4.69) is 10.3 Å². The normalized spacial score (nSPS) is 26.7. The van der Waals surface area contributed by atoms with E-state index in [1.807, 2.05) is 0 Å². The Morgan fingerprint density at radius 3 is 2.54 bits per heavy atom. The van der Waals surface area contributed by atoms with Crippen molar-refractivity contribution in [3.63, 3.8) is 0 Å². The minimum atomic E-state index is -1.31. The van der Waals surface area contributed by atoms with Crippen LogP contribution in [-0.2, 0) is 4.74 Å². The van der Waals surface area contributed by atoms with Crippen LogP contribution in [0, 0.1) is 0 Å². The molecule has 0 amide bonds. The summed E-state index contributed by atoms with van der Waals surface area (Å²) in [6.07, 6.45) is 0.474. The molecule has 1 fully saturated rings. The standard InChI is InChI=1S/C15H25N3O6/c19-8-4-2-1-3-6-16-11-5-7-18(15(23)17-11)14-13(22)12(21)10(9-20)24-14/h5,7,10,12-14,19-22H,1-4,6,8-9H2,(H,16,17,23). The first kappa shape index (κ1) is 18.8. The minimum Gasteiger partial charge on any atom is -0.396 e. The van der Waals surface area contributed by atoms with E-state index in [-0.39, 0.29) is 6.61 Å². The van der Waals surface area contributed by atoms with Crippen molar-refractivity contribution in [3.05, 3.63) is 22.7 Å². The van der Waals surface area contributed by atoms with E-state index >= 15 is 0 Å². The number of unbranched alkanes of at least 4 members (excludes halogenated alkanes) is 3. The highest BCUT2D eigenvalue weighted by molar-refractivity contribution is 5.31. The number of aliphatic hydroxyl groups excluding tert-OH is 4. The maximum absolute atomic E-state index is 12.1. The third-order valence-electron chi connectivity index (χ3n) is 4.01. The zero-order chi connectivity index (χ0) is 17.5. The first-order valence-corrected chi connectivity index (χ1v) is 8.15. The number of anilines is 1. The fourth-order valence-corrected chi connectivity index (χ4v) is 2.62. The summed E-state index contributed by atoms with van der Waals surface area (Å²) in [7, 11) is 0. The van der Waals surface area contributed by atoms with Crippen LogP contribution in [0.15, 0.2) is 17.1 Å². The molecule has 4 unspecified atom stereocenters. The highest BCUT2D eigenvalue weighted by atomic mass is 16.6. The van der Waals surface area contributed by atoms with Gasteiger partial charge in [0.1, 0.15) is 24.1 Å². The topological polar surface area (TPSA) is 137 Å². The average Bonchev–Trinajstić information content (AvgIpc) is 2.86. The van der Waals surface area contributed by atoms with Gasteiger partial charge in [0.05, 0.1) is 6.61 Å². The molecule has 1 aliphatic rings. The predicted octanol–water partition coefficient (Wildman–Crippen LogP) is -1.18. The Kier molecular flexibility index (Phi) is 7.13. The number of aromatic nitrogens is 2. The maximum Gasteiger partial charge on any atom is 0.351 e. The first-order valence-electron chi connectivity index (χ1n) is 8.15. The van der Waals surface area contributed by atoms with Crippen molar-refractivity contribution < 1.29 is 25.2 Å². The van der Waals surface area contributed by atoms with Crippen LogP contribution < -0.4 is 11.0 Å². The lowest BCUT2D eigenvalue weighted by Gasteiger charge is -2.17. The van der Waals surface area contributed by atoms with E-state index in [1.54, 1.807) is 6.07 Å². The summed E-state index contributed by atoms with van der Waals surface area (Å²) in [6.45, 7) is 0.413. The summed E-state index contributed by atoms with van der Waals surface area (Å²) < 4.78 is 6.40. The molecule has 5 N–H and O–H groups in total. The van der Waals surface area contributed by atoms with Gasteiger partial charge in [-0.05, 0) is 18.9 Å². The second-order valence-corrected chi connectivity index (χ2v) is 5.80. The molecular weight excluding hydrogens is 318 g/mol. The molecule has 1 aromatic rings. The monoisotopic (exact) mass is 343 g/mol. The fraction of sp³-hybridized carbons (Fsp3) is 0.733. The van der Waals surface area contributed by atoms with Gasteiger partial charge in [0, 0.05) is 19.3 Å². The molecule has 0 bridgehead atoms. The van der Waals surface area contributed by atoms with Gasteiger partial charge in [0.2, 0.25) is 0 Å². The molecule has 0 spiro atoms. The second kappa shape index (κ2) is 9.09. The summed E-state index contributed by atoms with van der Waals surface area (Å²) >= 11 is 0. The number of nitrogens with zero attached hydrogens (tertiary/aromatic N) is 2. The van der Waals surface area contributed by atoms with E-state index in [4.69, 9.17) is 14.9 Å². The lowest BCUT2D eigenvalue weighted by Crippen LogP contribution is -2.36. The molecule has 0 saturated carbocycles. The first-order chi connectivity index (χ1) is 11.6. The number of hydrogen-bond acceptors (Lipinski definition) is 8. The molecule has 9 nitrogen and oxygen atoms in total. The van der Waals surface area contributed by atoms with E-state index < -0.39 is 36.8 Å². The van der Waals surface area contributed by atoms with Crippen molar-refractivity contribution in [3.8, 4) is 0 Å². The lowest BCUT2D eigenvalue weighted by molar-refractivity contribution is -0.0549. The fourth-order valence-electron chi connectivity index (χ4n) is 2.62. The van der Waals surface area contributed by atoms with Crippen LogP contribution in [-0.4, -0.2) is 68.0 Å². The molecular formula is C15H25N3O6. The van der Waals surface area contributed by atoms with Crippen LogP contribution in [0.1, 0.15) is 31.9 Å². The molecule has 1 aliphatic heterocycles. The number of ether oxygens (including phenoxy) is 1. The van der Waals surface area contributed by atoms with Gasteiger partial charge in [0.15, 0.2) is 6.23 Å². The lowest BCUT2D eigenvalue weighted by atomic mass is 10.1. The summed E-state index contributed by atoms with van der Waals surface area (Å²) in [5.41, 5.74) is -0.616. The van der Waals surface area contributed by atoms with Crippen LogP contribution in [0.25, 0.3) is 0 Å². The molecule has 4 atom stereocenters. The molecule has 9 heteroatoms. The van der Waals surface area contributed by atoms with Crippen molar-refractivity contribution in [1.29, 1.82) is 0 Å². The highest BCUT2D eigenvalue weighted by Crippen LogP contribution is 2.28. The SMILES string of the molecule is O=c1nc(NCCCCCCO)ccn1C1OC(CO)C(O)C1O. The predicted molar refractivity (Wildman–Crippen MR) is 85.5 cm³/mol. The second-order valence-electron chi connectivity index (χ2n) is 5.80. The van der Waals surface area contributed by atoms with Gasteiger partial charge in [-0.3, -0.25) is 4.57 Å². The third-order valence-corrected chi connectivity index (χ3v) is 4.01. The van der Waals surface area contributed by atoms with Crippen LogP contribution in [0.3, 0.4) is 0 Å². The molecule has 1 saturated heterocycles. The van der Waals surface area contributed by atoms with Gasteiger partial charge < -0.3 is 30.5 Å². The van der Waals surface area contributed by atoms with Gasteiger partial charge in [-0.1, -0.05) is 12.8 Å². The Labute approximate surface area is 139 Å². The molecule has 0 aliphatic carbocycles. The molecule has 2 heterocycles. The van der Waals surface area contributed by atoms with Gasteiger partial charge in [-0.2, -0.15) is 4.98 Å². The molecule has 24 heavy (non-hydrogen) atoms. The Morgan fingerprint density at radius 2 is 1.92 bits per heavy atom. The Balaban J connectivity index is 1.92. The molecule has 0 aromatic carbocycles. The summed E-state index contributed by atoms with van der Waals surface area (Å²) in [5.74, 6) is 0.421. The molecule has 136 valence electrons. The van der Waals surface area contributed by atoms with Crippen LogP contribution in [0.4, 0.5) is 5.82 Å². The Morgan fingerprint density at radius 1 is 1.17 bits per heavy atom. The van der Waals surface area contributed by atoms with Crippen LogP contribution in [0.5, 0.6) is 0 Å². The van der Waals surface area contributed by atoms with Gasteiger partial charge in [-0.15, -0.1) is 0 Å². The van der Waals surface area contributed by atoms with Crippen LogP contribution >= 0.6 is 0 Å². The van der Waals surface area contributed by atoms with Crippen molar-refractivity contribution in [2.24, 2.45) is 0 Å². The molecule has 1 aromatic heterocycles. The quantitative estimate of drug-likeness (QED) is 0.353. The summed E-state index contributed by atoms with van der Waals surface area (Å²) in [4.78, 5) is 16.0. The van der Waals surface area contributed by atoms with Crippen LogP contribution in [0.2, 0.25) is 0 Å². The van der Waals surface area contributed by atoms with E-state index in [0.29, 0.717) is 12.4 Å². The maximum atomic E-state index is 12.1.